The van der Waals surface area contributed by atoms with Crippen LogP contribution < -0.4 is 14.8 Å². The summed E-state index contributed by atoms with van der Waals surface area (Å²) in [5.41, 5.74) is 0.707. The first-order chi connectivity index (χ1) is 11.8. The Hall–Kier alpha value is -2.45. The lowest BCUT2D eigenvalue weighted by molar-refractivity contribution is 0.0942. The Morgan fingerprint density at radius 2 is 1.96 bits per heavy atom. The van der Waals surface area contributed by atoms with Gasteiger partial charge in [0.1, 0.15) is 18.2 Å². The van der Waals surface area contributed by atoms with Crippen molar-refractivity contribution in [3.8, 4) is 5.75 Å². The van der Waals surface area contributed by atoms with Crippen molar-refractivity contribution in [1.29, 1.82) is 0 Å². The first-order valence-electron chi connectivity index (χ1n) is 7.54. The smallest absolute Gasteiger partial charge is 0.254 e. The molecule has 0 aliphatic heterocycles. The van der Waals surface area contributed by atoms with E-state index in [4.69, 9.17) is 4.74 Å². The third-order valence-electron chi connectivity index (χ3n) is 3.41. The molecule has 1 amide bonds. The number of carbonyl (C=O) groups excluding carboxylic acids is 1. The van der Waals surface area contributed by atoms with Gasteiger partial charge in [0.25, 0.3) is 5.91 Å². The number of hydrogen-bond acceptors (Lipinski definition) is 4. The van der Waals surface area contributed by atoms with Crippen LogP contribution in [0.1, 0.15) is 15.9 Å². The van der Waals surface area contributed by atoms with Crippen molar-refractivity contribution in [3.05, 3.63) is 59.4 Å². The number of rotatable bonds is 7. The van der Waals surface area contributed by atoms with Gasteiger partial charge in [0.15, 0.2) is 0 Å². The lowest BCUT2D eigenvalue weighted by Crippen LogP contribution is -2.29. The zero-order valence-electron chi connectivity index (χ0n) is 13.9. The van der Waals surface area contributed by atoms with E-state index in [9.17, 15) is 17.6 Å². The Morgan fingerprint density at radius 1 is 1.20 bits per heavy atom. The van der Waals surface area contributed by atoms with E-state index in [1.165, 1.54) is 7.05 Å². The number of sulfonamides is 1. The molecule has 0 aromatic heterocycles. The molecule has 0 heterocycles. The van der Waals surface area contributed by atoms with Crippen molar-refractivity contribution >= 4 is 15.9 Å². The summed E-state index contributed by atoms with van der Waals surface area (Å²) in [6.07, 6.45) is 0. The number of carbonyl (C=O) groups is 1. The van der Waals surface area contributed by atoms with Crippen LogP contribution in [0.5, 0.6) is 5.75 Å². The van der Waals surface area contributed by atoms with Crippen LogP contribution in [0.4, 0.5) is 4.39 Å². The van der Waals surface area contributed by atoms with Crippen LogP contribution in [0.15, 0.2) is 47.4 Å². The maximum atomic E-state index is 13.8. The van der Waals surface area contributed by atoms with Crippen molar-refractivity contribution < 1.29 is 22.3 Å². The third-order valence-corrected chi connectivity index (χ3v) is 4.82. The number of hydrogen-bond donors (Lipinski definition) is 2. The topological polar surface area (TPSA) is 84.5 Å². The minimum Gasteiger partial charge on any atom is -0.492 e. The molecule has 0 aliphatic rings. The van der Waals surface area contributed by atoms with Crippen molar-refractivity contribution in [2.24, 2.45) is 0 Å². The average molecular weight is 366 g/mol. The number of aryl methyl sites for hydroxylation is 1. The SMILES string of the molecule is CNS(=O)(=O)c1ccc(F)c(C(=O)NCCOc2cccc(C)c2)c1. The lowest BCUT2D eigenvalue weighted by atomic mass is 10.2. The highest BCUT2D eigenvalue weighted by Crippen LogP contribution is 2.15. The van der Waals surface area contributed by atoms with Gasteiger partial charge in [0, 0.05) is 0 Å². The number of halogens is 1. The molecular weight excluding hydrogens is 347 g/mol. The Labute approximate surface area is 146 Å². The summed E-state index contributed by atoms with van der Waals surface area (Å²) in [6.45, 7) is 2.28. The van der Waals surface area contributed by atoms with Crippen LogP contribution in [0, 0.1) is 12.7 Å². The molecule has 0 saturated carbocycles. The van der Waals surface area contributed by atoms with Crippen molar-refractivity contribution in [3.63, 3.8) is 0 Å². The summed E-state index contributed by atoms with van der Waals surface area (Å²) in [5.74, 6) is -0.840. The molecule has 2 N–H and O–H groups in total. The molecular formula is C17H19FN2O4S. The minimum absolute atomic E-state index is 0.148. The normalized spacial score (nSPS) is 11.2. The van der Waals surface area contributed by atoms with E-state index in [2.05, 4.69) is 10.0 Å². The van der Waals surface area contributed by atoms with E-state index in [0.29, 0.717) is 5.75 Å². The zero-order valence-corrected chi connectivity index (χ0v) is 14.7. The van der Waals surface area contributed by atoms with Crippen LogP contribution in [-0.4, -0.2) is 34.5 Å². The molecule has 0 saturated heterocycles. The molecule has 0 radical (unpaired) electrons. The molecule has 25 heavy (non-hydrogen) atoms. The van der Waals surface area contributed by atoms with Crippen LogP contribution in [0.2, 0.25) is 0 Å². The second kappa shape index (κ2) is 8.09. The molecule has 134 valence electrons. The molecule has 0 bridgehead atoms. The first-order valence-corrected chi connectivity index (χ1v) is 9.02. The number of ether oxygens (including phenoxy) is 1. The summed E-state index contributed by atoms with van der Waals surface area (Å²) in [4.78, 5) is 11.9. The number of nitrogens with one attached hydrogen (secondary N) is 2. The van der Waals surface area contributed by atoms with Crippen LogP contribution in [-0.2, 0) is 10.0 Å². The fourth-order valence-electron chi connectivity index (χ4n) is 2.10. The fraction of sp³-hybridized carbons (Fsp3) is 0.235. The van der Waals surface area contributed by atoms with E-state index < -0.39 is 21.7 Å². The van der Waals surface area contributed by atoms with Crippen LogP contribution in [0.25, 0.3) is 0 Å². The van der Waals surface area contributed by atoms with Crippen LogP contribution in [0.3, 0.4) is 0 Å². The van der Waals surface area contributed by atoms with Gasteiger partial charge in [-0.1, -0.05) is 12.1 Å². The number of amides is 1. The van der Waals surface area contributed by atoms with Crippen molar-refractivity contribution in [2.75, 3.05) is 20.2 Å². The Kier molecular flexibility index (Phi) is 6.11. The maximum Gasteiger partial charge on any atom is 0.254 e. The maximum absolute atomic E-state index is 13.8. The van der Waals surface area contributed by atoms with Crippen molar-refractivity contribution in [1.82, 2.24) is 10.0 Å². The van der Waals surface area contributed by atoms with E-state index >= 15 is 0 Å². The summed E-state index contributed by atoms with van der Waals surface area (Å²) in [6, 6.07) is 10.5. The van der Waals surface area contributed by atoms with Gasteiger partial charge in [-0.25, -0.2) is 17.5 Å². The van der Waals surface area contributed by atoms with Crippen LogP contribution >= 0.6 is 0 Å². The van der Waals surface area contributed by atoms with Gasteiger partial charge >= 0.3 is 0 Å². The second-order valence-electron chi connectivity index (χ2n) is 5.27. The van der Waals surface area contributed by atoms with E-state index in [1.807, 2.05) is 25.1 Å². The van der Waals surface area contributed by atoms with Gasteiger partial charge in [-0.15, -0.1) is 0 Å². The molecule has 0 fully saturated rings. The third kappa shape index (κ3) is 5.01. The van der Waals surface area contributed by atoms with Gasteiger partial charge in [-0.05, 0) is 49.9 Å². The first kappa shape index (κ1) is 18.9. The highest BCUT2D eigenvalue weighted by atomic mass is 32.2. The molecule has 0 aliphatic carbocycles. The van der Waals surface area contributed by atoms with E-state index in [-0.39, 0.29) is 23.6 Å². The average Bonchev–Trinajstić information content (AvgIpc) is 2.59. The minimum atomic E-state index is -3.76. The summed E-state index contributed by atoms with van der Waals surface area (Å²) in [5, 5.41) is 2.50. The highest BCUT2D eigenvalue weighted by molar-refractivity contribution is 7.89. The molecule has 0 unspecified atom stereocenters. The molecule has 0 atom stereocenters. The Balaban J connectivity index is 1.97. The number of benzene rings is 2. The molecule has 2 rings (SSSR count). The summed E-state index contributed by atoms with van der Waals surface area (Å²) in [7, 11) is -2.52. The van der Waals surface area contributed by atoms with Gasteiger partial charge < -0.3 is 10.1 Å². The Bertz CT molecular complexity index is 869. The van der Waals surface area contributed by atoms with Gasteiger partial charge in [-0.2, -0.15) is 0 Å². The second-order valence-corrected chi connectivity index (χ2v) is 7.16. The monoisotopic (exact) mass is 366 g/mol. The van der Waals surface area contributed by atoms with Gasteiger partial charge in [0.05, 0.1) is 17.0 Å². The van der Waals surface area contributed by atoms with E-state index in [0.717, 1.165) is 23.8 Å². The standard InChI is InChI=1S/C17H19FN2O4S/c1-12-4-3-5-13(10-12)24-9-8-20-17(21)15-11-14(6-7-16(15)18)25(22,23)19-2/h3-7,10-11,19H,8-9H2,1-2H3,(H,20,21). The fourth-order valence-corrected chi connectivity index (χ4v) is 2.85. The largest absolute Gasteiger partial charge is 0.492 e. The molecule has 2 aromatic carbocycles. The highest BCUT2D eigenvalue weighted by Gasteiger charge is 2.18. The lowest BCUT2D eigenvalue weighted by Gasteiger charge is -2.10. The summed E-state index contributed by atoms with van der Waals surface area (Å²) < 4.78 is 44.9. The quantitative estimate of drug-likeness (QED) is 0.733. The van der Waals surface area contributed by atoms with E-state index in [1.54, 1.807) is 6.07 Å². The predicted molar refractivity (Wildman–Crippen MR) is 91.7 cm³/mol. The van der Waals surface area contributed by atoms with Gasteiger partial charge in [0.2, 0.25) is 10.0 Å². The Morgan fingerprint density at radius 3 is 2.64 bits per heavy atom. The van der Waals surface area contributed by atoms with Crippen molar-refractivity contribution in [2.45, 2.75) is 11.8 Å². The molecule has 2 aromatic rings. The molecule has 8 heteroatoms. The van der Waals surface area contributed by atoms with Gasteiger partial charge in [-0.3, -0.25) is 4.79 Å². The summed E-state index contributed by atoms with van der Waals surface area (Å²) >= 11 is 0. The zero-order chi connectivity index (χ0) is 18.4. The predicted octanol–water partition coefficient (Wildman–Crippen LogP) is 1.85. The molecule has 6 nitrogen and oxygen atoms in total. The molecule has 0 spiro atoms.